The van der Waals surface area contributed by atoms with Crippen LogP contribution in [0.3, 0.4) is 0 Å². The van der Waals surface area contributed by atoms with E-state index in [1.54, 1.807) is 48.2 Å². The van der Waals surface area contributed by atoms with E-state index in [1.807, 2.05) is 6.07 Å². The number of nitrogens with one attached hydrogen (secondary N) is 2. The van der Waals surface area contributed by atoms with E-state index in [0.717, 1.165) is 22.9 Å². The lowest BCUT2D eigenvalue weighted by Gasteiger charge is -2.18. The molecule has 7 heteroatoms. The SMILES string of the molecule is O=S(=O)(Nc1ccccc1Cl)c1ccc2c(c1)NCCS2. The minimum atomic E-state index is -3.65. The van der Waals surface area contributed by atoms with Gasteiger partial charge in [-0.2, -0.15) is 0 Å². The zero-order chi connectivity index (χ0) is 14.9. The zero-order valence-corrected chi connectivity index (χ0v) is 13.4. The molecule has 0 fully saturated rings. The van der Waals surface area contributed by atoms with Crippen LogP contribution in [-0.4, -0.2) is 20.7 Å². The van der Waals surface area contributed by atoms with Crippen molar-refractivity contribution in [1.29, 1.82) is 0 Å². The maximum Gasteiger partial charge on any atom is 0.262 e. The van der Waals surface area contributed by atoms with Gasteiger partial charge >= 0.3 is 0 Å². The highest BCUT2D eigenvalue weighted by molar-refractivity contribution is 7.99. The highest BCUT2D eigenvalue weighted by Crippen LogP contribution is 2.33. The average molecular weight is 341 g/mol. The van der Waals surface area contributed by atoms with E-state index in [4.69, 9.17) is 11.6 Å². The van der Waals surface area contributed by atoms with Gasteiger partial charge in [0.2, 0.25) is 0 Å². The van der Waals surface area contributed by atoms with Crippen molar-refractivity contribution >= 4 is 44.8 Å². The van der Waals surface area contributed by atoms with Gasteiger partial charge in [-0.3, -0.25) is 4.72 Å². The predicted molar refractivity (Wildman–Crippen MR) is 87.9 cm³/mol. The summed E-state index contributed by atoms with van der Waals surface area (Å²) in [5.74, 6) is 0.983. The van der Waals surface area contributed by atoms with Crippen molar-refractivity contribution in [2.24, 2.45) is 0 Å². The summed E-state index contributed by atoms with van der Waals surface area (Å²) in [4.78, 5) is 1.29. The molecule has 0 bridgehead atoms. The highest BCUT2D eigenvalue weighted by atomic mass is 35.5. The van der Waals surface area contributed by atoms with E-state index >= 15 is 0 Å². The van der Waals surface area contributed by atoms with Crippen LogP contribution in [0.5, 0.6) is 0 Å². The summed E-state index contributed by atoms with van der Waals surface area (Å²) in [7, 11) is -3.65. The topological polar surface area (TPSA) is 58.2 Å². The van der Waals surface area contributed by atoms with Crippen LogP contribution in [0.4, 0.5) is 11.4 Å². The molecule has 3 rings (SSSR count). The molecule has 0 aliphatic carbocycles. The number of anilines is 2. The van der Waals surface area contributed by atoms with Crippen LogP contribution in [0.2, 0.25) is 5.02 Å². The van der Waals surface area contributed by atoms with Gasteiger partial charge in [0.05, 0.1) is 15.6 Å². The van der Waals surface area contributed by atoms with Crippen LogP contribution < -0.4 is 10.0 Å². The standard InChI is InChI=1S/C14H13ClN2O2S2/c15-11-3-1-2-4-12(11)17-21(18,19)10-5-6-14-13(9-10)16-7-8-20-14/h1-6,9,16-17H,7-8H2. The van der Waals surface area contributed by atoms with Gasteiger partial charge in [0.1, 0.15) is 0 Å². The third-order valence-corrected chi connectivity index (χ3v) is 5.82. The van der Waals surface area contributed by atoms with Gasteiger partial charge in [0.15, 0.2) is 0 Å². The highest BCUT2D eigenvalue weighted by Gasteiger charge is 2.18. The number of halogens is 1. The Labute approximate surface area is 132 Å². The molecule has 2 aromatic carbocycles. The van der Waals surface area contributed by atoms with Gasteiger partial charge in [-0.1, -0.05) is 23.7 Å². The molecule has 2 aromatic rings. The maximum atomic E-state index is 12.4. The Balaban J connectivity index is 1.93. The summed E-state index contributed by atoms with van der Waals surface area (Å²) < 4.78 is 27.4. The van der Waals surface area contributed by atoms with Crippen LogP contribution in [0, 0.1) is 0 Å². The first-order chi connectivity index (χ1) is 10.1. The summed E-state index contributed by atoms with van der Waals surface area (Å²) in [6.45, 7) is 0.832. The van der Waals surface area contributed by atoms with E-state index in [0.29, 0.717) is 10.7 Å². The fraction of sp³-hybridized carbons (Fsp3) is 0.143. The van der Waals surface area contributed by atoms with Gasteiger partial charge in [0.25, 0.3) is 10.0 Å². The summed E-state index contributed by atoms with van der Waals surface area (Å²) in [6.07, 6.45) is 0. The Hall–Kier alpha value is -1.37. The van der Waals surface area contributed by atoms with Gasteiger partial charge in [-0.05, 0) is 30.3 Å². The Morgan fingerprint density at radius 1 is 1.19 bits per heavy atom. The molecule has 1 aliphatic heterocycles. The molecule has 2 N–H and O–H groups in total. The van der Waals surface area contributed by atoms with Gasteiger partial charge in [0, 0.05) is 22.9 Å². The predicted octanol–water partition coefficient (Wildman–Crippen LogP) is 3.66. The number of rotatable bonds is 3. The third kappa shape index (κ3) is 3.12. The van der Waals surface area contributed by atoms with Crippen molar-refractivity contribution in [3.8, 4) is 0 Å². The molecule has 110 valence electrons. The van der Waals surface area contributed by atoms with E-state index < -0.39 is 10.0 Å². The first-order valence-corrected chi connectivity index (χ1v) is 9.19. The molecule has 0 saturated carbocycles. The van der Waals surface area contributed by atoms with Crippen LogP contribution in [-0.2, 0) is 10.0 Å². The third-order valence-electron chi connectivity index (χ3n) is 3.05. The first-order valence-electron chi connectivity index (χ1n) is 6.34. The maximum absolute atomic E-state index is 12.4. The van der Waals surface area contributed by atoms with Crippen molar-refractivity contribution in [3.05, 3.63) is 47.5 Å². The second-order valence-corrected chi connectivity index (χ2v) is 7.74. The number of hydrogen-bond acceptors (Lipinski definition) is 4. The lowest BCUT2D eigenvalue weighted by molar-refractivity contribution is 0.601. The molecule has 0 atom stereocenters. The summed E-state index contributed by atoms with van der Waals surface area (Å²) in [5.41, 5.74) is 1.23. The van der Waals surface area contributed by atoms with Crippen LogP contribution in [0.25, 0.3) is 0 Å². The Morgan fingerprint density at radius 3 is 2.81 bits per heavy atom. The Morgan fingerprint density at radius 2 is 2.00 bits per heavy atom. The van der Waals surface area contributed by atoms with Crippen molar-refractivity contribution in [3.63, 3.8) is 0 Å². The van der Waals surface area contributed by atoms with Crippen molar-refractivity contribution in [2.45, 2.75) is 9.79 Å². The van der Waals surface area contributed by atoms with Crippen molar-refractivity contribution in [1.82, 2.24) is 0 Å². The molecule has 21 heavy (non-hydrogen) atoms. The van der Waals surface area contributed by atoms with Crippen molar-refractivity contribution < 1.29 is 8.42 Å². The van der Waals surface area contributed by atoms with Gasteiger partial charge in [-0.25, -0.2) is 8.42 Å². The zero-order valence-electron chi connectivity index (χ0n) is 11.0. The minimum Gasteiger partial charge on any atom is -0.383 e. The smallest absolute Gasteiger partial charge is 0.262 e. The quantitative estimate of drug-likeness (QED) is 0.895. The number of benzene rings is 2. The average Bonchev–Trinajstić information content (AvgIpc) is 2.49. The van der Waals surface area contributed by atoms with E-state index in [1.165, 1.54) is 0 Å². The number of fused-ring (bicyclic) bond motifs is 1. The lowest BCUT2D eigenvalue weighted by Crippen LogP contribution is -2.15. The fourth-order valence-electron chi connectivity index (χ4n) is 2.03. The molecule has 0 spiro atoms. The number of hydrogen-bond donors (Lipinski definition) is 2. The molecule has 0 amide bonds. The molecule has 0 unspecified atom stereocenters. The molecule has 1 aliphatic rings. The molecule has 0 saturated heterocycles. The molecule has 0 aromatic heterocycles. The van der Waals surface area contributed by atoms with Crippen LogP contribution in [0.15, 0.2) is 52.3 Å². The van der Waals surface area contributed by atoms with Crippen LogP contribution >= 0.6 is 23.4 Å². The van der Waals surface area contributed by atoms with Gasteiger partial charge < -0.3 is 5.32 Å². The number of sulfonamides is 1. The van der Waals surface area contributed by atoms with Crippen molar-refractivity contribution in [2.75, 3.05) is 22.3 Å². The monoisotopic (exact) mass is 340 g/mol. The summed E-state index contributed by atoms with van der Waals surface area (Å²) >= 11 is 7.71. The molecular formula is C14H13ClN2O2S2. The van der Waals surface area contributed by atoms with E-state index in [2.05, 4.69) is 10.0 Å². The number of para-hydroxylation sites is 1. The second kappa shape index (κ2) is 5.79. The molecule has 4 nitrogen and oxygen atoms in total. The largest absolute Gasteiger partial charge is 0.383 e. The molecule has 1 heterocycles. The van der Waals surface area contributed by atoms with E-state index in [-0.39, 0.29) is 4.90 Å². The molecule has 0 radical (unpaired) electrons. The van der Waals surface area contributed by atoms with Crippen LogP contribution in [0.1, 0.15) is 0 Å². The Bertz CT molecular complexity index is 778. The minimum absolute atomic E-state index is 0.219. The molecular weight excluding hydrogens is 328 g/mol. The Kier molecular flexibility index (Phi) is 4.01. The van der Waals surface area contributed by atoms with Gasteiger partial charge in [-0.15, -0.1) is 11.8 Å². The lowest BCUT2D eigenvalue weighted by atomic mass is 10.3. The fourth-order valence-corrected chi connectivity index (χ4v) is 4.25. The second-order valence-electron chi connectivity index (χ2n) is 4.52. The number of thioether (sulfide) groups is 1. The normalized spacial score (nSPS) is 14.1. The van der Waals surface area contributed by atoms with E-state index in [9.17, 15) is 8.42 Å². The summed E-state index contributed by atoms with van der Waals surface area (Å²) in [5, 5.41) is 3.58. The first kappa shape index (κ1) is 14.6. The summed E-state index contributed by atoms with van der Waals surface area (Å²) in [6, 6.07) is 11.8.